The zero-order chi connectivity index (χ0) is 11.3. The summed E-state index contributed by atoms with van der Waals surface area (Å²) in [5.41, 5.74) is -0.567. The summed E-state index contributed by atoms with van der Waals surface area (Å²) in [5, 5.41) is 0. The molecule has 0 radical (unpaired) electrons. The minimum absolute atomic E-state index is 0.301. The number of carbonyl (C=O) groups is 1. The number of nitrogens with zero attached hydrogens (tertiary/aromatic N) is 1. The van der Waals surface area contributed by atoms with Gasteiger partial charge in [-0.25, -0.2) is 4.31 Å². The first kappa shape index (κ1) is 11.2. The predicted octanol–water partition coefficient (Wildman–Crippen LogP) is 1.65. The molecule has 1 saturated carbocycles. The molecule has 0 spiro atoms. The topological polar surface area (TPSA) is 54.5 Å². The Morgan fingerprint density at radius 1 is 1.53 bits per heavy atom. The first-order valence-corrected chi connectivity index (χ1v) is 7.37. The van der Waals surface area contributed by atoms with Gasteiger partial charge < -0.3 is 0 Å². The van der Waals surface area contributed by atoms with Crippen LogP contribution in [0, 0.1) is 5.92 Å². The molecule has 1 unspecified atom stereocenters. The van der Waals surface area contributed by atoms with E-state index in [1.165, 1.54) is 6.42 Å². The van der Waals surface area contributed by atoms with Crippen molar-refractivity contribution < 1.29 is 13.2 Å². The van der Waals surface area contributed by atoms with E-state index in [1.54, 1.807) is 6.92 Å². The van der Waals surface area contributed by atoms with Crippen LogP contribution >= 0.6 is 10.7 Å². The molecule has 2 aliphatic rings. The maximum Gasteiger partial charge on any atom is 0.324 e. The number of amides is 1. The Bertz CT molecular complexity index is 390. The van der Waals surface area contributed by atoms with Gasteiger partial charge in [0.15, 0.2) is 0 Å². The van der Waals surface area contributed by atoms with Crippen LogP contribution in [0.4, 0.5) is 0 Å². The number of hydrogen-bond donors (Lipinski definition) is 0. The maximum absolute atomic E-state index is 11.2. The average molecular weight is 252 g/mol. The summed E-state index contributed by atoms with van der Waals surface area (Å²) in [6, 6.07) is 0. The third-order valence-electron chi connectivity index (χ3n) is 3.42. The van der Waals surface area contributed by atoms with Crippen molar-refractivity contribution in [2.45, 2.75) is 44.6 Å². The second-order valence-corrected chi connectivity index (χ2v) is 7.13. The Morgan fingerprint density at radius 2 is 2.13 bits per heavy atom. The molecule has 0 aromatic heterocycles. The minimum atomic E-state index is -3.90. The lowest BCUT2D eigenvalue weighted by atomic mass is 9.73. The van der Waals surface area contributed by atoms with Gasteiger partial charge in [-0.3, -0.25) is 4.79 Å². The Kier molecular flexibility index (Phi) is 2.50. The van der Waals surface area contributed by atoms with Crippen LogP contribution in [0.15, 0.2) is 0 Å². The van der Waals surface area contributed by atoms with Crippen molar-refractivity contribution in [1.82, 2.24) is 4.31 Å². The first-order chi connectivity index (χ1) is 6.83. The summed E-state index contributed by atoms with van der Waals surface area (Å²) in [6.45, 7) is 1.80. The maximum atomic E-state index is 11.2. The van der Waals surface area contributed by atoms with E-state index in [0.29, 0.717) is 12.3 Å². The SMILES string of the molecule is CC1(CC2CCC2)CC(=O)N1S(=O)(=O)Cl. The molecule has 1 aliphatic carbocycles. The molecule has 15 heavy (non-hydrogen) atoms. The Balaban J connectivity index is 2.11. The van der Waals surface area contributed by atoms with E-state index < -0.39 is 14.8 Å². The van der Waals surface area contributed by atoms with Gasteiger partial charge in [-0.2, -0.15) is 8.42 Å². The van der Waals surface area contributed by atoms with Crippen LogP contribution in [0.25, 0.3) is 0 Å². The van der Waals surface area contributed by atoms with Gasteiger partial charge in [0.1, 0.15) is 0 Å². The van der Waals surface area contributed by atoms with Gasteiger partial charge in [-0.15, -0.1) is 0 Å². The highest BCUT2D eigenvalue weighted by molar-refractivity contribution is 8.12. The van der Waals surface area contributed by atoms with E-state index in [-0.39, 0.29) is 5.91 Å². The minimum Gasteiger partial charge on any atom is -0.274 e. The molecule has 2 fully saturated rings. The van der Waals surface area contributed by atoms with Crippen molar-refractivity contribution >= 4 is 25.8 Å². The summed E-state index contributed by atoms with van der Waals surface area (Å²) in [6.07, 6.45) is 4.54. The fourth-order valence-corrected chi connectivity index (χ4v) is 4.24. The van der Waals surface area contributed by atoms with Gasteiger partial charge in [0, 0.05) is 10.7 Å². The van der Waals surface area contributed by atoms with Gasteiger partial charge >= 0.3 is 9.24 Å². The standard InChI is InChI=1S/C9H14ClNO3S/c1-9(5-7-3-2-4-7)6-8(12)11(9)15(10,13)14/h7H,2-6H2,1H3. The summed E-state index contributed by atoms with van der Waals surface area (Å²) < 4.78 is 23.2. The monoisotopic (exact) mass is 251 g/mol. The molecule has 0 bridgehead atoms. The molecule has 1 atom stereocenters. The summed E-state index contributed by atoms with van der Waals surface area (Å²) >= 11 is 0. The van der Waals surface area contributed by atoms with Gasteiger partial charge in [0.25, 0.3) is 0 Å². The molecular formula is C9H14ClNO3S. The molecule has 1 heterocycles. The van der Waals surface area contributed by atoms with Crippen LogP contribution in [-0.4, -0.2) is 24.2 Å². The van der Waals surface area contributed by atoms with Crippen molar-refractivity contribution in [3.8, 4) is 0 Å². The van der Waals surface area contributed by atoms with E-state index in [0.717, 1.165) is 23.6 Å². The lowest BCUT2D eigenvalue weighted by Crippen LogP contribution is -2.63. The molecule has 4 nitrogen and oxygen atoms in total. The fraction of sp³-hybridized carbons (Fsp3) is 0.889. The van der Waals surface area contributed by atoms with Crippen LogP contribution < -0.4 is 0 Å². The van der Waals surface area contributed by atoms with E-state index in [9.17, 15) is 13.2 Å². The quantitative estimate of drug-likeness (QED) is 0.566. The van der Waals surface area contributed by atoms with Crippen molar-refractivity contribution in [2.24, 2.45) is 5.92 Å². The molecule has 1 aliphatic heterocycles. The Hall–Kier alpha value is -0.290. The van der Waals surface area contributed by atoms with Crippen molar-refractivity contribution in [3.63, 3.8) is 0 Å². The third kappa shape index (κ3) is 1.87. The normalized spacial score (nSPS) is 32.4. The van der Waals surface area contributed by atoms with Crippen LogP contribution in [0.3, 0.4) is 0 Å². The Morgan fingerprint density at radius 3 is 2.47 bits per heavy atom. The van der Waals surface area contributed by atoms with E-state index in [2.05, 4.69) is 0 Å². The van der Waals surface area contributed by atoms with Gasteiger partial charge in [-0.1, -0.05) is 19.3 Å². The predicted molar refractivity (Wildman–Crippen MR) is 56.6 cm³/mol. The van der Waals surface area contributed by atoms with Crippen molar-refractivity contribution in [3.05, 3.63) is 0 Å². The van der Waals surface area contributed by atoms with Crippen molar-refractivity contribution in [2.75, 3.05) is 0 Å². The second-order valence-electron chi connectivity index (χ2n) is 4.77. The number of rotatable bonds is 3. The van der Waals surface area contributed by atoms with Crippen LogP contribution in [-0.2, 0) is 14.0 Å². The molecule has 1 saturated heterocycles. The lowest BCUT2D eigenvalue weighted by Gasteiger charge is -2.49. The molecular weight excluding hydrogens is 238 g/mol. The van der Waals surface area contributed by atoms with E-state index in [4.69, 9.17) is 10.7 Å². The molecule has 0 aromatic carbocycles. The van der Waals surface area contributed by atoms with Gasteiger partial charge in [0.05, 0.1) is 12.0 Å². The average Bonchev–Trinajstić information content (AvgIpc) is 1.92. The summed E-state index contributed by atoms with van der Waals surface area (Å²) in [7, 11) is 1.34. The largest absolute Gasteiger partial charge is 0.324 e. The van der Waals surface area contributed by atoms with Crippen molar-refractivity contribution in [1.29, 1.82) is 0 Å². The number of β-lactam (4-membered cyclic amide) rings is 1. The number of hydrogen-bond acceptors (Lipinski definition) is 3. The van der Waals surface area contributed by atoms with Gasteiger partial charge in [0.2, 0.25) is 5.91 Å². The second kappa shape index (κ2) is 3.35. The van der Waals surface area contributed by atoms with E-state index in [1.807, 2.05) is 0 Å². The fourth-order valence-electron chi connectivity index (χ4n) is 2.54. The highest BCUT2D eigenvalue weighted by Crippen LogP contribution is 2.44. The Labute approximate surface area is 94.1 Å². The van der Waals surface area contributed by atoms with Gasteiger partial charge in [-0.05, 0) is 19.3 Å². The molecule has 0 N–H and O–H groups in total. The zero-order valence-electron chi connectivity index (χ0n) is 8.57. The number of halogens is 1. The third-order valence-corrected chi connectivity index (χ3v) is 4.91. The zero-order valence-corrected chi connectivity index (χ0v) is 10.1. The summed E-state index contributed by atoms with van der Waals surface area (Å²) in [4.78, 5) is 11.2. The smallest absolute Gasteiger partial charge is 0.274 e. The molecule has 6 heteroatoms. The highest BCUT2D eigenvalue weighted by atomic mass is 35.7. The summed E-state index contributed by atoms with van der Waals surface area (Å²) in [5.74, 6) is 0.177. The first-order valence-electron chi connectivity index (χ1n) is 5.11. The molecule has 1 amide bonds. The highest BCUT2D eigenvalue weighted by Gasteiger charge is 2.54. The molecule has 0 aromatic rings. The van der Waals surface area contributed by atoms with Crippen LogP contribution in [0.1, 0.15) is 39.0 Å². The molecule has 86 valence electrons. The lowest BCUT2D eigenvalue weighted by molar-refractivity contribution is -0.145. The number of carbonyl (C=O) groups excluding carboxylic acids is 1. The van der Waals surface area contributed by atoms with Crippen LogP contribution in [0.2, 0.25) is 0 Å². The van der Waals surface area contributed by atoms with E-state index >= 15 is 0 Å². The molecule has 2 rings (SSSR count). The van der Waals surface area contributed by atoms with Crippen LogP contribution in [0.5, 0.6) is 0 Å².